The van der Waals surface area contributed by atoms with Crippen LogP contribution in [0.25, 0.3) is 0 Å². The molecule has 2 heterocycles. The Morgan fingerprint density at radius 1 is 0.972 bits per heavy atom. The van der Waals surface area contributed by atoms with Gasteiger partial charge in [0.2, 0.25) is 5.95 Å². The maximum absolute atomic E-state index is 12.4. The summed E-state index contributed by atoms with van der Waals surface area (Å²) in [5, 5.41) is 2.96. The highest BCUT2D eigenvalue weighted by Gasteiger charge is 2.25. The van der Waals surface area contributed by atoms with E-state index < -0.39 is 6.10 Å². The summed E-state index contributed by atoms with van der Waals surface area (Å²) in [6.07, 6.45) is 10.3. The topological polar surface area (TPSA) is 149 Å². The third-order valence-electron chi connectivity index (χ3n) is 5.91. The van der Waals surface area contributed by atoms with Gasteiger partial charge >= 0.3 is 11.9 Å². The highest BCUT2D eigenvalue weighted by atomic mass is 16.6. The van der Waals surface area contributed by atoms with Crippen LogP contribution in [0.4, 0.5) is 17.5 Å². The number of aromatic nitrogens is 2. The smallest absolute Gasteiger partial charge is 0.306 e. The average Bonchev–Trinajstić information content (AvgIpc) is 3.25. The van der Waals surface area contributed by atoms with Crippen LogP contribution in [0, 0.1) is 0 Å². The predicted octanol–water partition coefficient (Wildman–Crippen LogP) is 3.69. The maximum Gasteiger partial charge on any atom is 0.306 e. The molecule has 0 fully saturated rings. The Morgan fingerprint density at radius 2 is 1.61 bits per heavy atom. The second-order valence-corrected chi connectivity index (χ2v) is 9.15. The van der Waals surface area contributed by atoms with Crippen molar-refractivity contribution in [3.05, 3.63) is 10.4 Å². The number of fused-ring (bicyclic) bond motifs is 1. The molecule has 2 rings (SSSR count). The van der Waals surface area contributed by atoms with Crippen LogP contribution in [0.15, 0.2) is 4.79 Å². The lowest BCUT2D eigenvalue weighted by molar-refractivity contribution is -0.162. The number of rotatable bonds is 19. The molecular formula is C25H43N5O6. The van der Waals surface area contributed by atoms with Crippen molar-refractivity contribution in [1.29, 1.82) is 0 Å². The lowest BCUT2D eigenvalue weighted by Crippen LogP contribution is -2.33. The molecule has 1 aliphatic heterocycles. The van der Waals surface area contributed by atoms with Crippen molar-refractivity contribution in [2.75, 3.05) is 42.6 Å². The van der Waals surface area contributed by atoms with Crippen LogP contribution < -0.4 is 21.5 Å². The Hall–Kier alpha value is -2.82. The Balaban J connectivity index is 1.82. The van der Waals surface area contributed by atoms with Crippen molar-refractivity contribution in [3.8, 4) is 0 Å². The Morgan fingerprint density at radius 3 is 2.28 bits per heavy atom. The number of aromatic amines is 1. The second-order valence-electron chi connectivity index (χ2n) is 9.15. The van der Waals surface area contributed by atoms with Gasteiger partial charge in [0.05, 0.1) is 13.3 Å². The molecule has 0 aromatic carbocycles. The van der Waals surface area contributed by atoms with Gasteiger partial charge in [-0.25, -0.2) is 0 Å². The van der Waals surface area contributed by atoms with Gasteiger partial charge in [-0.05, 0) is 12.8 Å². The van der Waals surface area contributed by atoms with E-state index in [-0.39, 0.29) is 43.4 Å². The molecule has 1 aromatic rings. The molecule has 1 aromatic heterocycles. The zero-order chi connectivity index (χ0) is 26.2. The molecule has 4 N–H and O–H groups in total. The summed E-state index contributed by atoms with van der Waals surface area (Å²) in [5.41, 5.74) is 5.62. The van der Waals surface area contributed by atoms with Crippen molar-refractivity contribution >= 4 is 29.4 Å². The summed E-state index contributed by atoms with van der Waals surface area (Å²) in [6.45, 7) is 4.68. The highest BCUT2D eigenvalue weighted by Crippen LogP contribution is 2.25. The number of nitrogens with one attached hydrogen (secondary N) is 2. The van der Waals surface area contributed by atoms with Crippen LogP contribution in [0.3, 0.4) is 0 Å². The van der Waals surface area contributed by atoms with Gasteiger partial charge in [0, 0.05) is 12.8 Å². The fourth-order valence-corrected chi connectivity index (χ4v) is 3.88. The number of unbranched alkanes of at least 4 members (excludes halogenated alkanes) is 8. The van der Waals surface area contributed by atoms with E-state index in [1.165, 1.54) is 0 Å². The number of hydrogen-bond acceptors (Lipinski definition) is 10. The van der Waals surface area contributed by atoms with Crippen LogP contribution in [0.5, 0.6) is 0 Å². The third kappa shape index (κ3) is 10.8. The number of nitrogen functional groups attached to an aromatic ring is 1. The lowest BCUT2D eigenvalue weighted by Gasteiger charge is -2.21. The quantitative estimate of drug-likeness (QED) is 0.186. The summed E-state index contributed by atoms with van der Waals surface area (Å²) in [7, 11) is 0. The standard InChI is InChI=1S/C25H43N5O6/c1-3-5-7-9-11-13-20(31)35-16-19(36-21(32)14-12-10-8-6-4-2)15-34-18-30-17-27-22-23(30)28-25(26)29-24(22)33/h19,27H,3-18H2,1-2H3,(H3,26,28,29,33). The van der Waals surface area contributed by atoms with Crippen LogP contribution in [-0.2, 0) is 23.8 Å². The van der Waals surface area contributed by atoms with E-state index in [9.17, 15) is 14.4 Å². The summed E-state index contributed by atoms with van der Waals surface area (Å²) in [5.74, 6) is -0.222. The molecule has 36 heavy (non-hydrogen) atoms. The molecule has 1 unspecified atom stereocenters. The summed E-state index contributed by atoms with van der Waals surface area (Å²) >= 11 is 0. The molecule has 11 nitrogen and oxygen atoms in total. The van der Waals surface area contributed by atoms with Gasteiger partial charge in [0.25, 0.3) is 5.56 Å². The molecule has 204 valence electrons. The summed E-state index contributed by atoms with van der Waals surface area (Å²) < 4.78 is 16.7. The number of esters is 2. The van der Waals surface area contributed by atoms with Gasteiger partial charge in [-0.3, -0.25) is 19.4 Å². The number of carbonyl (C=O) groups excluding carboxylic acids is 2. The Labute approximate surface area is 213 Å². The normalized spacial score (nSPS) is 13.2. The molecular weight excluding hydrogens is 466 g/mol. The van der Waals surface area contributed by atoms with Gasteiger partial charge in [-0.1, -0.05) is 65.2 Å². The van der Waals surface area contributed by atoms with Gasteiger partial charge in [0.15, 0.2) is 11.9 Å². The Bertz CT molecular complexity index is 862. The van der Waals surface area contributed by atoms with Crippen molar-refractivity contribution in [1.82, 2.24) is 9.97 Å². The lowest BCUT2D eigenvalue weighted by atomic mass is 10.1. The van der Waals surface area contributed by atoms with Crippen molar-refractivity contribution in [2.24, 2.45) is 0 Å². The third-order valence-corrected chi connectivity index (χ3v) is 5.91. The number of hydrogen-bond donors (Lipinski definition) is 3. The second kappa shape index (κ2) is 16.8. The molecule has 0 radical (unpaired) electrons. The van der Waals surface area contributed by atoms with E-state index in [4.69, 9.17) is 19.9 Å². The van der Waals surface area contributed by atoms with Crippen LogP contribution in [-0.4, -0.2) is 54.6 Å². The van der Waals surface area contributed by atoms with E-state index in [0.29, 0.717) is 31.0 Å². The van der Waals surface area contributed by atoms with Crippen molar-refractivity contribution in [2.45, 2.75) is 97.0 Å². The van der Waals surface area contributed by atoms with E-state index in [1.54, 1.807) is 4.90 Å². The molecule has 0 aliphatic carbocycles. The van der Waals surface area contributed by atoms with E-state index >= 15 is 0 Å². The number of ether oxygens (including phenoxy) is 3. The summed E-state index contributed by atoms with van der Waals surface area (Å²) in [4.78, 5) is 44.8. The first kappa shape index (κ1) is 29.4. The molecule has 1 aliphatic rings. The average molecular weight is 510 g/mol. The molecule has 0 saturated carbocycles. The van der Waals surface area contributed by atoms with E-state index in [2.05, 4.69) is 29.1 Å². The fourth-order valence-electron chi connectivity index (χ4n) is 3.88. The largest absolute Gasteiger partial charge is 0.462 e. The first-order valence-corrected chi connectivity index (χ1v) is 13.3. The zero-order valence-corrected chi connectivity index (χ0v) is 21.8. The Kier molecular flexibility index (Phi) is 13.7. The molecule has 0 saturated heterocycles. The summed E-state index contributed by atoms with van der Waals surface area (Å²) in [6, 6.07) is 0. The number of nitrogens with zero attached hydrogens (tertiary/aromatic N) is 2. The molecule has 11 heteroatoms. The minimum atomic E-state index is -0.718. The minimum Gasteiger partial charge on any atom is -0.462 e. The SMILES string of the molecule is CCCCCCCC(=O)OCC(COCN1CNc2c1nc(N)[nH]c2=O)OC(=O)CCCCCCC. The fraction of sp³-hybridized carbons (Fsp3) is 0.760. The van der Waals surface area contributed by atoms with Crippen molar-refractivity contribution < 1.29 is 23.8 Å². The zero-order valence-electron chi connectivity index (χ0n) is 21.8. The van der Waals surface area contributed by atoms with Gasteiger partial charge < -0.3 is 30.2 Å². The number of H-pyrrole nitrogens is 1. The first-order valence-electron chi connectivity index (χ1n) is 13.3. The molecule has 1 atom stereocenters. The van der Waals surface area contributed by atoms with Gasteiger partial charge in [0.1, 0.15) is 19.0 Å². The van der Waals surface area contributed by atoms with E-state index in [0.717, 1.165) is 64.2 Å². The van der Waals surface area contributed by atoms with Crippen LogP contribution >= 0.6 is 0 Å². The van der Waals surface area contributed by atoms with Crippen molar-refractivity contribution in [3.63, 3.8) is 0 Å². The van der Waals surface area contributed by atoms with Crippen LogP contribution in [0.1, 0.15) is 90.9 Å². The monoisotopic (exact) mass is 509 g/mol. The van der Waals surface area contributed by atoms with E-state index in [1.807, 2.05) is 0 Å². The van der Waals surface area contributed by atoms with Gasteiger partial charge in [-0.2, -0.15) is 4.98 Å². The number of anilines is 3. The first-order chi connectivity index (χ1) is 17.4. The minimum absolute atomic E-state index is 0.0137. The molecule has 0 amide bonds. The molecule has 0 bridgehead atoms. The van der Waals surface area contributed by atoms with Crippen LogP contribution in [0.2, 0.25) is 0 Å². The highest BCUT2D eigenvalue weighted by molar-refractivity contribution is 5.71. The van der Waals surface area contributed by atoms with Gasteiger partial charge in [-0.15, -0.1) is 0 Å². The maximum atomic E-state index is 12.4. The predicted molar refractivity (Wildman–Crippen MR) is 139 cm³/mol. The number of nitrogens with two attached hydrogens (primary N) is 1. The molecule has 0 spiro atoms. The number of carbonyl (C=O) groups is 2.